The zero-order chi connectivity index (χ0) is 25.3. The van der Waals surface area contributed by atoms with Crippen LogP contribution in [0, 0.1) is 0 Å². The van der Waals surface area contributed by atoms with Crippen molar-refractivity contribution in [3.05, 3.63) is 71.8 Å². The number of hydrogen-bond donors (Lipinski definition) is 4. The van der Waals surface area contributed by atoms with Gasteiger partial charge in [-0.05, 0) is 60.7 Å². The maximum Gasteiger partial charge on any atom is 0.337 e. The Balaban J connectivity index is 2.00. The van der Waals surface area contributed by atoms with Gasteiger partial charge < -0.3 is 20.8 Å². The third kappa shape index (κ3) is 5.71. The van der Waals surface area contributed by atoms with Crippen molar-refractivity contribution in [2.75, 3.05) is 23.1 Å². The lowest BCUT2D eigenvalue weighted by molar-refractivity contribution is 0.0683. The third-order valence-electron chi connectivity index (χ3n) is 4.74. The summed E-state index contributed by atoms with van der Waals surface area (Å²) in [6, 6.07) is 13.4. The number of rotatable bonds is 8. The highest BCUT2D eigenvalue weighted by molar-refractivity contribution is 7.91. The smallest absolute Gasteiger partial charge is 0.337 e. The second-order valence-electron chi connectivity index (χ2n) is 7.40. The van der Waals surface area contributed by atoms with Crippen LogP contribution in [-0.4, -0.2) is 51.5 Å². The number of carbonyl (C=O) groups is 2. The summed E-state index contributed by atoms with van der Waals surface area (Å²) in [5, 5.41) is 25.0. The fourth-order valence-electron chi connectivity index (χ4n) is 3.04. The van der Waals surface area contributed by atoms with Gasteiger partial charge in [0.15, 0.2) is 19.7 Å². The van der Waals surface area contributed by atoms with E-state index in [1.165, 1.54) is 48.5 Å². The largest absolute Gasteiger partial charge is 0.478 e. The molecule has 10 nitrogen and oxygen atoms in total. The molecule has 0 spiro atoms. The van der Waals surface area contributed by atoms with Crippen LogP contribution >= 0.6 is 0 Å². The molecule has 0 heterocycles. The number of nitrogens with one attached hydrogen (secondary N) is 2. The van der Waals surface area contributed by atoms with E-state index >= 15 is 0 Å². The van der Waals surface area contributed by atoms with Crippen LogP contribution in [0.2, 0.25) is 0 Å². The van der Waals surface area contributed by atoms with E-state index in [4.69, 9.17) is 0 Å². The minimum atomic E-state index is -3.42. The normalized spacial score (nSPS) is 11.6. The SMILES string of the molecule is CS(=O)(=O)c1ccc(Nc2cc(C(=O)O)c(Nc3ccc(S(C)(=O)=O)cc3)cc2C(=O)O)cc1. The van der Waals surface area contributed by atoms with Crippen molar-refractivity contribution < 1.29 is 36.6 Å². The third-order valence-corrected chi connectivity index (χ3v) is 7.00. The summed E-state index contributed by atoms with van der Waals surface area (Å²) in [7, 11) is -6.84. The topological polar surface area (TPSA) is 167 Å². The van der Waals surface area contributed by atoms with Gasteiger partial charge in [-0.25, -0.2) is 26.4 Å². The number of anilines is 4. The van der Waals surface area contributed by atoms with Gasteiger partial charge >= 0.3 is 11.9 Å². The second-order valence-corrected chi connectivity index (χ2v) is 11.4. The standard InChI is InChI=1S/C22H20N2O8S2/c1-33(29,30)15-7-3-13(4-8-15)23-19-11-18(22(27)28)20(12-17(19)21(25)26)24-14-5-9-16(10-6-14)34(2,31)32/h3-12,23-24H,1-2H3,(H,25,26)(H,27,28). The lowest BCUT2D eigenvalue weighted by Gasteiger charge is -2.16. The number of aromatic carboxylic acids is 2. The highest BCUT2D eigenvalue weighted by Gasteiger charge is 2.20. The summed E-state index contributed by atoms with van der Waals surface area (Å²) in [5.74, 6) is -2.66. The van der Waals surface area contributed by atoms with E-state index in [1.54, 1.807) is 0 Å². The Morgan fingerprint density at radius 2 is 0.912 bits per heavy atom. The van der Waals surface area contributed by atoms with E-state index in [1.807, 2.05) is 0 Å². The molecule has 0 aromatic heterocycles. The van der Waals surface area contributed by atoms with Crippen LogP contribution < -0.4 is 10.6 Å². The number of carboxylic acid groups (broad SMARTS) is 2. The van der Waals surface area contributed by atoms with E-state index < -0.39 is 31.6 Å². The van der Waals surface area contributed by atoms with Crippen molar-refractivity contribution in [3.8, 4) is 0 Å². The van der Waals surface area contributed by atoms with Gasteiger partial charge in [0.2, 0.25) is 0 Å². The molecule has 0 saturated heterocycles. The van der Waals surface area contributed by atoms with Gasteiger partial charge in [-0.1, -0.05) is 0 Å². The number of hydrogen-bond acceptors (Lipinski definition) is 8. The Hall–Kier alpha value is -3.90. The molecule has 0 fully saturated rings. The lowest BCUT2D eigenvalue weighted by Crippen LogP contribution is -2.09. The molecule has 0 radical (unpaired) electrons. The van der Waals surface area contributed by atoms with E-state index in [-0.39, 0.29) is 32.3 Å². The molecule has 34 heavy (non-hydrogen) atoms. The van der Waals surface area contributed by atoms with Gasteiger partial charge in [0.1, 0.15) is 0 Å². The van der Waals surface area contributed by atoms with Gasteiger partial charge in [0, 0.05) is 23.9 Å². The summed E-state index contributed by atoms with van der Waals surface area (Å²) in [4.78, 5) is 23.9. The fraction of sp³-hybridized carbons (Fsp3) is 0.0909. The van der Waals surface area contributed by atoms with Gasteiger partial charge in [-0.15, -0.1) is 0 Å². The van der Waals surface area contributed by atoms with Crippen molar-refractivity contribution in [1.82, 2.24) is 0 Å². The zero-order valence-corrected chi connectivity index (χ0v) is 19.6. The van der Waals surface area contributed by atoms with Crippen LogP contribution in [0.4, 0.5) is 22.7 Å². The molecule has 0 saturated carbocycles. The first-order chi connectivity index (χ1) is 15.8. The first-order valence-electron chi connectivity index (χ1n) is 9.54. The Morgan fingerprint density at radius 1 is 0.618 bits per heavy atom. The van der Waals surface area contributed by atoms with Crippen molar-refractivity contribution in [3.63, 3.8) is 0 Å². The molecule has 0 aliphatic rings. The summed E-state index contributed by atoms with van der Waals surface area (Å²) >= 11 is 0. The predicted molar refractivity (Wildman–Crippen MR) is 126 cm³/mol. The van der Waals surface area contributed by atoms with Crippen molar-refractivity contribution in [2.45, 2.75) is 9.79 Å². The Labute approximate surface area is 195 Å². The van der Waals surface area contributed by atoms with Gasteiger partial charge in [0.25, 0.3) is 0 Å². The van der Waals surface area contributed by atoms with Crippen LogP contribution in [0.25, 0.3) is 0 Å². The summed E-state index contributed by atoms with van der Waals surface area (Å²) < 4.78 is 46.5. The van der Waals surface area contributed by atoms with Gasteiger partial charge in [-0.3, -0.25) is 0 Å². The fourth-order valence-corrected chi connectivity index (χ4v) is 4.30. The molecule has 4 N–H and O–H groups in total. The average molecular weight is 505 g/mol. The number of sulfone groups is 2. The number of carboxylic acids is 2. The molecule has 0 bridgehead atoms. The van der Waals surface area contributed by atoms with Crippen LogP contribution in [0.3, 0.4) is 0 Å². The molecule has 3 aromatic carbocycles. The molecule has 12 heteroatoms. The summed E-state index contributed by atoms with van der Waals surface area (Å²) in [5.41, 5.74) is 0.177. The minimum absolute atomic E-state index is 0.0185. The Kier molecular flexibility index (Phi) is 6.66. The molecule has 3 aromatic rings. The van der Waals surface area contributed by atoms with Crippen LogP contribution in [0.15, 0.2) is 70.5 Å². The molecular weight excluding hydrogens is 484 g/mol. The first kappa shape index (κ1) is 24.7. The highest BCUT2D eigenvalue weighted by Crippen LogP contribution is 2.31. The molecule has 178 valence electrons. The van der Waals surface area contributed by atoms with Gasteiger partial charge in [0.05, 0.1) is 32.3 Å². The maximum absolute atomic E-state index is 11.9. The highest BCUT2D eigenvalue weighted by atomic mass is 32.2. The van der Waals surface area contributed by atoms with Crippen LogP contribution in [-0.2, 0) is 19.7 Å². The zero-order valence-electron chi connectivity index (χ0n) is 17.9. The lowest BCUT2D eigenvalue weighted by atomic mass is 10.1. The van der Waals surface area contributed by atoms with Crippen LogP contribution in [0.1, 0.15) is 20.7 Å². The molecule has 0 unspecified atom stereocenters. The van der Waals surface area contributed by atoms with E-state index in [0.29, 0.717) is 11.4 Å². The molecule has 0 amide bonds. The summed E-state index contributed by atoms with van der Waals surface area (Å²) in [6.45, 7) is 0. The van der Waals surface area contributed by atoms with Crippen molar-refractivity contribution in [2.24, 2.45) is 0 Å². The Bertz CT molecular complexity index is 1360. The van der Waals surface area contributed by atoms with E-state index in [0.717, 1.165) is 24.6 Å². The second kappa shape index (κ2) is 9.15. The van der Waals surface area contributed by atoms with E-state index in [9.17, 15) is 36.6 Å². The minimum Gasteiger partial charge on any atom is -0.478 e. The molecule has 0 aliphatic heterocycles. The number of benzene rings is 3. The quantitative estimate of drug-likeness (QED) is 0.357. The molecular formula is C22H20N2O8S2. The monoisotopic (exact) mass is 504 g/mol. The van der Waals surface area contributed by atoms with E-state index in [2.05, 4.69) is 10.6 Å². The summed E-state index contributed by atoms with van der Waals surface area (Å²) in [6.07, 6.45) is 2.11. The molecule has 0 aliphatic carbocycles. The average Bonchev–Trinajstić information content (AvgIpc) is 2.73. The van der Waals surface area contributed by atoms with Gasteiger partial charge in [-0.2, -0.15) is 0 Å². The van der Waals surface area contributed by atoms with Crippen molar-refractivity contribution in [1.29, 1.82) is 0 Å². The molecule has 0 atom stereocenters. The maximum atomic E-state index is 11.9. The van der Waals surface area contributed by atoms with Crippen LogP contribution in [0.5, 0.6) is 0 Å². The first-order valence-corrected chi connectivity index (χ1v) is 13.3. The predicted octanol–water partition coefficient (Wildman–Crippen LogP) is 3.38. The Morgan fingerprint density at radius 3 is 1.15 bits per heavy atom. The van der Waals surface area contributed by atoms with Crippen molar-refractivity contribution >= 4 is 54.4 Å². The molecule has 3 rings (SSSR count).